The van der Waals surface area contributed by atoms with Crippen molar-refractivity contribution in [3.05, 3.63) is 59.2 Å². The number of amides is 1. The molecule has 0 aromatic heterocycles. The van der Waals surface area contributed by atoms with Gasteiger partial charge in [0.25, 0.3) is 0 Å². The average Bonchev–Trinajstić information content (AvgIpc) is 3.13. The zero-order valence-electron chi connectivity index (χ0n) is 14.2. The highest BCUT2D eigenvalue weighted by atomic mass is 16.6. The van der Waals surface area contributed by atoms with Gasteiger partial charge in [-0.15, -0.1) is 6.42 Å². The highest BCUT2D eigenvalue weighted by Gasteiger charge is 2.17. The second-order valence-corrected chi connectivity index (χ2v) is 6.53. The minimum absolute atomic E-state index is 0.362. The number of nitrogens with one attached hydrogen (secondary N) is 1. The van der Waals surface area contributed by atoms with Crippen LogP contribution < -0.4 is 11.1 Å². The molecule has 2 bridgehead atoms. The minimum Gasteiger partial charge on any atom is -0.444 e. The molecule has 24 heavy (non-hydrogen) atoms. The third-order valence-corrected chi connectivity index (χ3v) is 3.33. The molecule has 0 radical (unpaired) electrons. The summed E-state index contributed by atoms with van der Waals surface area (Å²) in [5, 5.41) is 2.56. The SMILES string of the molecule is C#Cc1cccc(NC(=O)OC(C)(C)C)c1N.C1=CC2=CC=C1C2. The minimum atomic E-state index is -0.557. The van der Waals surface area contributed by atoms with Gasteiger partial charge in [0, 0.05) is 5.56 Å². The van der Waals surface area contributed by atoms with Crippen LogP contribution in [0.25, 0.3) is 0 Å². The van der Waals surface area contributed by atoms with E-state index in [-0.39, 0.29) is 0 Å². The third-order valence-electron chi connectivity index (χ3n) is 3.33. The van der Waals surface area contributed by atoms with Crippen molar-refractivity contribution in [1.82, 2.24) is 0 Å². The molecule has 1 amide bonds. The van der Waals surface area contributed by atoms with Crippen molar-refractivity contribution in [3.8, 4) is 12.3 Å². The molecule has 4 nitrogen and oxygen atoms in total. The summed E-state index contributed by atoms with van der Waals surface area (Å²) in [7, 11) is 0. The summed E-state index contributed by atoms with van der Waals surface area (Å²) in [5.41, 5.74) is 9.53. The number of hydrogen-bond acceptors (Lipinski definition) is 3. The van der Waals surface area contributed by atoms with E-state index < -0.39 is 11.7 Å². The van der Waals surface area contributed by atoms with Crippen molar-refractivity contribution in [3.63, 3.8) is 0 Å². The number of ether oxygens (including phenoxy) is 1. The van der Waals surface area contributed by atoms with Crippen LogP contribution in [0.1, 0.15) is 32.8 Å². The Morgan fingerprint density at radius 2 is 1.88 bits per heavy atom. The molecule has 0 fully saturated rings. The Morgan fingerprint density at radius 1 is 1.25 bits per heavy atom. The van der Waals surface area contributed by atoms with Gasteiger partial charge in [-0.1, -0.05) is 36.3 Å². The lowest BCUT2D eigenvalue weighted by Gasteiger charge is -2.20. The number of nitrogen functional groups attached to an aromatic ring is 1. The van der Waals surface area contributed by atoms with Gasteiger partial charge >= 0.3 is 6.09 Å². The highest BCUT2D eigenvalue weighted by Crippen LogP contribution is 2.27. The summed E-state index contributed by atoms with van der Waals surface area (Å²) < 4.78 is 5.11. The standard InChI is InChI=1S/C13H16N2O2.C7H6/c1-5-9-7-6-8-10(11(9)14)15-12(16)17-13(2,3)4;1-2-7-4-3-6(1)5-7/h1,6-8H,14H2,2-4H3,(H,15,16);1-4H,5H2. The molecule has 0 unspecified atom stereocenters. The first-order valence-corrected chi connectivity index (χ1v) is 7.71. The number of carbonyl (C=O) groups is 1. The Bertz CT molecular complexity index is 752. The van der Waals surface area contributed by atoms with Crippen molar-refractivity contribution < 1.29 is 9.53 Å². The number of fused-ring (bicyclic) bond motifs is 2. The summed E-state index contributed by atoms with van der Waals surface area (Å²) in [5.74, 6) is 2.44. The van der Waals surface area contributed by atoms with Crippen LogP contribution in [0.15, 0.2) is 53.6 Å². The maximum absolute atomic E-state index is 11.5. The largest absolute Gasteiger partial charge is 0.444 e. The Balaban J connectivity index is 0.000000242. The molecule has 2 aliphatic carbocycles. The van der Waals surface area contributed by atoms with Gasteiger partial charge in [-0.2, -0.15) is 0 Å². The second-order valence-electron chi connectivity index (χ2n) is 6.53. The molecule has 1 aromatic rings. The average molecular weight is 322 g/mol. The van der Waals surface area contributed by atoms with Crippen LogP contribution in [0.5, 0.6) is 0 Å². The van der Waals surface area contributed by atoms with Crippen LogP contribution in [0, 0.1) is 12.3 Å². The van der Waals surface area contributed by atoms with Crippen molar-refractivity contribution in [1.29, 1.82) is 0 Å². The summed E-state index contributed by atoms with van der Waals surface area (Å²) in [6.45, 7) is 5.36. The van der Waals surface area contributed by atoms with E-state index in [4.69, 9.17) is 16.9 Å². The van der Waals surface area contributed by atoms with E-state index in [9.17, 15) is 4.79 Å². The molecular formula is C20H22N2O2. The van der Waals surface area contributed by atoms with E-state index in [0.717, 1.165) is 0 Å². The van der Waals surface area contributed by atoms with Gasteiger partial charge in [0.2, 0.25) is 0 Å². The lowest BCUT2D eigenvalue weighted by atomic mass is 10.1. The molecule has 0 saturated heterocycles. The number of allylic oxidation sites excluding steroid dienone is 6. The fourth-order valence-electron chi connectivity index (χ4n) is 2.22. The maximum atomic E-state index is 11.5. The molecular weight excluding hydrogens is 300 g/mol. The molecule has 124 valence electrons. The van der Waals surface area contributed by atoms with Crippen LogP contribution >= 0.6 is 0 Å². The van der Waals surface area contributed by atoms with Crippen LogP contribution in [0.3, 0.4) is 0 Å². The van der Waals surface area contributed by atoms with E-state index in [0.29, 0.717) is 16.9 Å². The molecule has 0 aliphatic heterocycles. The van der Waals surface area contributed by atoms with Crippen LogP contribution in [-0.4, -0.2) is 11.7 Å². The monoisotopic (exact) mass is 322 g/mol. The predicted octanol–water partition coefficient (Wildman–Crippen LogP) is 4.41. The number of nitrogens with two attached hydrogens (primary N) is 1. The zero-order chi connectivity index (χ0) is 17.7. The fourth-order valence-corrected chi connectivity index (χ4v) is 2.22. The molecule has 0 heterocycles. The first kappa shape index (κ1) is 17.4. The normalized spacial score (nSPS) is 14.1. The van der Waals surface area contributed by atoms with E-state index in [1.54, 1.807) is 39.0 Å². The Hall–Kier alpha value is -2.93. The van der Waals surface area contributed by atoms with Gasteiger partial charge in [-0.25, -0.2) is 4.79 Å². The second kappa shape index (κ2) is 7.10. The Morgan fingerprint density at radius 3 is 2.29 bits per heavy atom. The lowest BCUT2D eigenvalue weighted by Crippen LogP contribution is -2.27. The van der Waals surface area contributed by atoms with Gasteiger partial charge in [-0.05, 0) is 50.5 Å². The van der Waals surface area contributed by atoms with E-state index >= 15 is 0 Å². The van der Waals surface area contributed by atoms with Gasteiger partial charge < -0.3 is 10.5 Å². The summed E-state index contributed by atoms with van der Waals surface area (Å²) in [4.78, 5) is 11.5. The molecule has 0 atom stereocenters. The quantitative estimate of drug-likeness (QED) is 0.594. The number of rotatable bonds is 1. The highest BCUT2D eigenvalue weighted by molar-refractivity contribution is 5.90. The molecule has 1 aromatic carbocycles. The van der Waals surface area contributed by atoms with Crippen molar-refractivity contribution in [2.75, 3.05) is 11.1 Å². The van der Waals surface area contributed by atoms with Crippen molar-refractivity contribution >= 4 is 17.5 Å². The number of benzene rings is 1. The maximum Gasteiger partial charge on any atom is 0.412 e. The molecule has 0 spiro atoms. The van der Waals surface area contributed by atoms with Gasteiger partial charge in [0.1, 0.15) is 5.60 Å². The molecule has 4 heteroatoms. The summed E-state index contributed by atoms with van der Waals surface area (Å²) in [6.07, 6.45) is 14.6. The van der Waals surface area contributed by atoms with Crippen molar-refractivity contribution in [2.45, 2.75) is 32.8 Å². The summed E-state index contributed by atoms with van der Waals surface area (Å²) >= 11 is 0. The first-order valence-electron chi connectivity index (χ1n) is 7.71. The van der Waals surface area contributed by atoms with Crippen molar-refractivity contribution in [2.24, 2.45) is 0 Å². The van der Waals surface area contributed by atoms with Gasteiger partial charge in [0.15, 0.2) is 0 Å². The topological polar surface area (TPSA) is 64.3 Å². The molecule has 2 aliphatic rings. The van der Waals surface area contributed by atoms with Gasteiger partial charge in [-0.3, -0.25) is 5.32 Å². The number of hydrogen-bond donors (Lipinski definition) is 2. The molecule has 3 N–H and O–H groups in total. The Labute approximate surface area is 143 Å². The lowest BCUT2D eigenvalue weighted by molar-refractivity contribution is 0.0636. The third kappa shape index (κ3) is 4.79. The fraction of sp³-hybridized carbons (Fsp3) is 0.250. The van der Waals surface area contributed by atoms with E-state index in [1.807, 2.05) is 0 Å². The smallest absolute Gasteiger partial charge is 0.412 e. The summed E-state index contributed by atoms with van der Waals surface area (Å²) in [6, 6.07) is 5.09. The molecule has 0 saturated carbocycles. The number of para-hydroxylation sites is 1. The number of carbonyl (C=O) groups excluding carboxylic acids is 1. The van der Waals surface area contributed by atoms with Crippen LogP contribution in [0.2, 0.25) is 0 Å². The number of anilines is 2. The zero-order valence-corrected chi connectivity index (χ0v) is 14.2. The number of terminal acetylenes is 1. The van der Waals surface area contributed by atoms with Crippen LogP contribution in [-0.2, 0) is 4.74 Å². The van der Waals surface area contributed by atoms with E-state index in [2.05, 4.69) is 35.5 Å². The van der Waals surface area contributed by atoms with Gasteiger partial charge in [0.05, 0.1) is 11.4 Å². The first-order chi connectivity index (χ1) is 11.3. The predicted molar refractivity (Wildman–Crippen MR) is 98.6 cm³/mol. The molecule has 3 rings (SSSR count). The van der Waals surface area contributed by atoms with Crippen LogP contribution in [0.4, 0.5) is 16.2 Å². The Kier molecular flexibility index (Phi) is 5.15. The van der Waals surface area contributed by atoms with E-state index in [1.165, 1.54) is 17.6 Å².